The summed E-state index contributed by atoms with van der Waals surface area (Å²) in [6.45, 7) is 1.32. The van der Waals surface area contributed by atoms with Gasteiger partial charge in [-0.3, -0.25) is 19.3 Å². The highest BCUT2D eigenvalue weighted by molar-refractivity contribution is 7.89. The maximum absolute atomic E-state index is 13.3. The van der Waals surface area contributed by atoms with E-state index in [0.717, 1.165) is 20.5 Å². The first-order chi connectivity index (χ1) is 14.6. The molecule has 0 bridgehead atoms. The topological polar surface area (TPSA) is 122 Å². The summed E-state index contributed by atoms with van der Waals surface area (Å²) in [5.74, 6) is -1.29. The molecule has 1 aromatic carbocycles. The van der Waals surface area contributed by atoms with E-state index >= 15 is 0 Å². The van der Waals surface area contributed by atoms with Crippen molar-refractivity contribution in [1.82, 2.24) is 9.21 Å². The van der Waals surface area contributed by atoms with Crippen LogP contribution < -0.4 is 14.8 Å². The molecule has 3 heterocycles. The Kier molecular flexibility index (Phi) is 5.23. The fourth-order valence-corrected chi connectivity index (χ4v) is 5.40. The zero-order valence-corrected chi connectivity index (χ0v) is 18.5. The van der Waals surface area contributed by atoms with E-state index in [4.69, 9.17) is 9.47 Å². The summed E-state index contributed by atoms with van der Waals surface area (Å²) in [6.07, 6.45) is 0. The lowest BCUT2D eigenvalue weighted by Gasteiger charge is -2.28. The van der Waals surface area contributed by atoms with E-state index in [9.17, 15) is 22.8 Å². The Labute approximate surface area is 182 Å². The van der Waals surface area contributed by atoms with Crippen LogP contribution in [-0.2, 0) is 14.8 Å². The molecule has 1 N–H and O–H groups in total. The maximum atomic E-state index is 13.3. The van der Waals surface area contributed by atoms with Crippen molar-refractivity contribution in [2.75, 3.05) is 32.0 Å². The first-order valence-corrected chi connectivity index (χ1v) is 11.7. The third kappa shape index (κ3) is 3.66. The van der Waals surface area contributed by atoms with Crippen LogP contribution in [-0.4, -0.2) is 62.0 Å². The number of hydrogen-bond donors (Lipinski definition) is 1. The van der Waals surface area contributed by atoms with Crippen LogP contribution >= 0.6 is 11.3 Å². The van der Waals surface area contributed by atoms with Crippen molar-refractivity contribution < 1.29 is 32.3 Å². The Hall–Kier alpha value is -2.96. The molecular weight excluding hydrogens is 446 g/mol. The number of carbonyl (C=O) groups excluding carboxylic acids is 3. The van der Waals surface area contributed by atoms with E-state index in [2.05, 4.69) is 5.32 Å². The second-order valence-corrected chi connectivity index (χ2v) is 10.3. The quantitative estimate of drug-likeness (QED) is 0.644. The Morgan fingerprint density at radius 2 is 1.94 bits per heavy atom. The number of nitrogens with one attached hydrogen (secondary N) is 1. The molecule has 12 heteroatoms. The van der Waals surface area contributed by atoms with Gasteiger partial charge in [-0.05, 0) is 17.7 Å². The van der Waals surface area contributed by atoms with Gasteiger partial charge in [0.15, 0.2) is 11.5 Å². The third-order valence-corrected chi connectivity index (χ3v) is 7.73. The average Bonchev–Trinajstić information content (AvgIpc) is 3.37. The number of hydrogen-bond acceptors (Lipinski definition) is 8. The Balaban J connectivity index is 1.78. The molecule has 2 aliphatic heterocycles. The van der Waals surface area contributed by atoms with Gasteiger partial charge in [0, 0.05) is 26.4 Å². The molecule has 0 radical (unpaired) electrons. The Morgan fingerprint density at radius 1 is 1.23 bits per heavy atom. The van der Waals surface area contributed by atoms with Gasteiger partial charge in [-0.2, -0.15) is 0 Å². The number of nitrogens with zero attached hydrogens (tertiary/aromatic N) is 2. The highest BCUT2D eigenvalue weighted by Crippen LogP contribution is 2.41. The molecule has 2 aliphatic rings. The third-order valence-electron chi connectivity index (χ3n) is 4.98. The molecule has 4 rings (SSSR count). The number of amides is 3. The summed E-state index contributed by atoms with van der Waals surface area (Å²) in [5, 5.41) is 4.29. The molecule has 0 fully saturated rings. The lowest BCUT2D eigenvalue weighted by Crippen LogP contribution is -2.40. The van der Waals surface area contributed by atoms with Gasteiger partial charge in [0.1, 0.15) is 5.00 Å². The lowest BCUT2D eigenvalue weighted by atomic mass is 10.1. The second kappa shape index (κ2) is 7.62. The predicted molar refractivity (Wildman–Crippen MR) is 112 cm³/mol. The first-order valence-electron chi connectivity index (χ1n) is 9.17. The number of carbonyl (C=O) groups is 3. The minimum Gasteiger partial charge on any atom is -0.454 e. The second-order valence-electron chi connectivity index (χ2n) is 7.20. The number of benzene rings is 1. The minimum atomic E-state index is -3.80. The largest absolute Gasteiger partial charge is 0.454 e. The van der Waals surface area contributed by atoms with E-state index < -0.39 is 33.6 Å². The number of thiophene rings is 1. The van der Waals surface area contributed by atoms with Crippen LogP contribution in [0.3, 0.4) is 0 Å². The summed E-state index contributed by atoms with van der Waals surface area (Å²) in [7, 11) is -1.04. The molecule has 164 valence electrons. The van der Waals surface area contributed by atoms with Gasteiger partial charge in [-0.25, -0.2) is 12.7 Å². The van der Waals surface area contributed by atoms with Crippen LogP contribution in [0.25, 0.3) is 0 Å². The van der Waals surface area contributed by atoms with Crippen LogP contribution in [0.1, 0.15) is 39.2 Å². The van der Waals surface area contributed by atoms with Crippen LogP contribution in [0.5, 0.6) is 11.5 Å². The molecule has 1 atom stereocenters. The van der Waals surface area contributed by atoms with E-state index in [-0.39, 0.29) is 28.8 Å². The van der Waals surface area contributed by atoms with Gasteiger partial charge < -0.3 is 14.8 Å². The fraction of sp³-hybridized carbons (Fsp3) is 0.316. The fourth-order valence-electron chi connectivity index (χ4n) is 3.39. The van der Waals surface area contributed by atoms with Crippen molar-refractivity contribution in [1.29, 1.82) is 0 Å². The van der Waals surface area contributed by atoms with Crippen molar-refractivity contribution in [3.05, 3.63) is 40.3 Å². The number of fused-ring (bicyclic) bond motifs is 2. The van der Waals surface area contributed by atoms with Crippen molar-refractivity contribution in [2.24, 2.45) is 0 Å². The summed E-state index contributed by atoms with van der Waals surface area (Å²) >= 11 is 1.07. The first kappa shape index (κ1) is 21.3. The summed E-state index contributed by atoms with van der Waals surface area (Å²) in [6, 6.07) is 3.67. The zero-order valence-electron chi connectivity index (χ0n) is 16.9. The van der Waals surface area contributed by atoms with Crippen molar-refractivity contribution in [3.63, 3.8) is 0 Å². The summed E-state index contributed by atoms with van der Waals surface area (Å²) in [4.78, 5) is 38.8. The van der Waals surface area contributed by atoms with Crippen molar-refractivity contribution in [3.8, 4) is 11.5 Å². The molecule has 31 heavy (non-hydrogen) atoms. The van der Waals surface area contributed by atoms with Gasteiger partial charge in [0.05, 0.1) is 22.9 Å². The number of imide groups is 1. The highest BCUT2D eigenvalue weighted by Gasteiger charge is 2.45. The van der Waals surface area contributed by atoms with E-state index in [1.54, 1.807) is 18.2 Å². The molecule has 0 spiro atoms. The normalized spacial score (nSPS) is 16.1. The minimum absolute atomic E-state index is 0.0259. The number of sulfonamides is 1. The van der Waals surface area contributed by atoms with E-state index in [0.29, 0.717) is 17.1 Å². The number of rotatable bonds is 6. The molecule has 3 amide bonds. The average molecular weight is 466 g/mol. The molecule has 10 nitrogen and oxygen atoms in total. The molecule has 1 aromatic heterocycles. The smallest absolute Gasteiger partial charge is 0.265 e. The monoisotopic (exact) mass is 465 g/mol. The maximum Gasteiger partial charge on any atom is 0.265 e. The van der Waals surface area contributed by atoms with E-state index in [1.807, 2.05) is 0 Å². The van der Waals surface area contributed by atoms with Crippen LogP contribution in [0.4, 0.5) is 5.00 Å². The number of anilines is 1. The van der Waals surface area contributed by atoms with Crippen LogP contribution in [0.2, 0.25) is 0 Å². The summed E-state index contributed by atoms with van der Waals surface area (Å²) < 4.78 is 37.1. The van der Waals surface area contributed by atoms with Gasteiger partial charge in [-0.1, -0.05) is 6.07 Å². The lowest BCUT2D eigenvalue weighted by molar-refractivity contribution is -0.114. The Morgan fingerprint density at radius 3 is 2.61 bits per heavy atom. The molecular formula is C19H19N3O7S2. The summed E-state index contributed by atoms with van der Waals surface area (Å²) in [5.41, 5.74) is 0.608. The van der Waals surface area contributed by atoms with Crippen molar-refractivity contribution >= 4 is 44.1 Å². The standard InChI is InChI=1S/C19H19N3O7S2/c1-10(23)20-17-16-12(7-30-17)18(24)22(19(16)25)13(8-31(26,27)21(2)3)11-4-5-14-15(6-11)29-9-28-14/h4-7,13H,8-9H2,1-3H3,(H,20,23)/t13-/m1/s1. The van der Waals surface area contributed by atoms with Gasteiger partial charge in [-0.15, -0.1) is 11.3 Å². The molecule has 0 unspecified atom stereocenters. The van der Waals surface area contributed by atoms with E-state index in [1.165, 1.54) is 26.4 Å². The predicted octanol–water partition coefficient (Wildman–Crippen LogP) is 1.66. The molecule has 0 saturated carbocycles. The molecule has 0 aliphatic carbocycles. The molecule has 2 aromatic rings. The SMILES string of the molecule is CC(=O)Nc1scc2c1C(=O)N([C@H](CS(=O)(=O)N(C)C)c1ccc3c(c1)OCO3)C2=O. The zero-order chi connectivity index (χ0) is 22.5. The Bertz CT molecular complexity index is 1200. The van der Waals surface area contributed by atoms with Gasteiger partial charge >= 0.3 is 0 Å². The van der Waals surface area contributed by atoms with Gasteiger partial charge in [0.2, 0.25) is 22.7 Å². The van der Waals surface area contributed by atoms with Crippen LogP contribution in [0, 0.1) is 0 Å². The van der Waals surface area contributed by atoms with Crippen molar-refractivity contribution in [2.45, 2.75) is 13.0 Å². The number of ether oxygens (including phenoxy) is 2. The van der Waals surface area contributed by atoms with Crippen LogP contribution in [0.15, 0.2) is 23.6 Å². The molecule has 0 saturated heterocycles. The highest BCUT2D eigenvalue weighted by atomic mass is 32.2. The van der Waals surface area contributed by atoms with Gasteiger partial charge in [0.25, 0.3) is 11.8 Å².